The van der Waals surface area contributed by atoms with Crippen molar-refractivity contribution in [3.8, 4) is 0 Å². The van der Waals surface area contributed by atoms with Gasteiger partial charge in [0.15, 0.2) is 0 Å². The number of nitrogens with zero attached hydrogens (tertiary/aromatic N) is 2. The molecule has 0 bridgehead atoms. The van der Waals surface area contributed by atoms with Crippen LogP contribution < -0.4 is 5.32 Å². The van der Waals surface area contributed by atoms with Crippen molar-refractivity contribution in [3.63, 3.8) is 0 Å². The van der Waals surface area contributed by atoms with Gasteiger partial charge in [0.25, 0.3) is 0 Å². The second-order valence-electron chi connectivity index (χ2n) is 6.74. The molecule has 1 fully saturated rings. The van der Waals surface area contributed by atoms with Gasteiger partial charge in [0.2, 0.25) is 0 Å². The van der Waals surface area contributed by atoms with Crippen LogP contribution in [-0.4, -0.2) is 22.1 Å². The molecule has 2 atom stereocenters. The minimum absolute atomic E-state index is 0.497. The number of aryl methyl sites for hydroxylation is 1. The Hall–Kier alpha value is -1.35. The maximum atomic E-state index is 4.82. The third-order valence-electron chi connectivity index (χ3n) is 4.82. The maximum absolute atomic E-state index is 4.82. The third kappa shape index (κ3) is 2.35. The Morgan fingerprint density at radius 3 is 2.70 bits per heavy atom. The molecule has 1 heterocycles. The molecule has 2 aromatic rings. The lowest BCUT2D eigenvalue weighted by Crippen LogP contribution is -2.35. The smallest absolute Gasteiger partial charge is 0.111 e. The normalized spacial score (nSPS) is 22.1. The van der Waals surface area contributed by atoms with E-state index in [1.54, 1.807) is 0 Å². The zero-order valence-corrected chi connectivity index (χ0v) is 13.0. The molecule has 0 amide bonds. The predicted molar refractivity (Wildman–Crippen MR) is 83.8 cm³/mol. The summed E-state index contributed by atoms with van der Waals surface area (Å²) in [5, 5.41) is 3.67. The first-order valence-electron chi connectivity index (χ1n) is 7.66. The van der Waals surface area contributed by atoms with E-state index >= 15 is 0 Å². The van der Waals surface area contributed by atoms with Gasteiger partial charge in [-0.3, -0.25) is 0 Å². The lowest BCUT2D eigenvalue weighted by atomic mass is 10.0. The van der Waals surface area contributed by atoms with Crippen molar-refractivity contribution in [3.05, 3.63) is 30.1 Å². The molecule has 1 aromatic carbocycles. The van der Waals surface area contributed by atoms with Crippen LogP contribution in [0.25, 0.3) is 11.0 Å². The Bertz CT molecular complexity index is 612. The van der Waals surface area contributed by atoms with Crippen LogP contribution >= 0.6 is 0 Å². The number of rotatable bonds is 5. The zero-order valence-electron chi connectivity index (χ0n) is 13.0. The summed E-state index contributed by atoms with van der Waals surface area (Å²) < 4.78 is 2.25. The summed E-state index contributed by atoms with van der Waals surface area (Å²) in [6.45, 7) is 7.96. The van der Waals surface area contributed by atoms with Crippen LogP contribution in [-0.2, 0) is 13.5 Å². The van der Waals surface area contributed by atoms with Crippen LogP contribution in [0.2, 0.25) is 0 Å². The Labute approximate surface area is 121 Å². The van der Waals surface area contributed by atoms with Crippen molar-refractivity contribution >= 4 is 11.0 Å². The quantitative estimate of drug-likeness (QED) is 0.905. The van der Waals surface area contributed by atoms with E-state index in [0.717, 1.165) is 24.4 Å². The number of nitrogens with one attached hydrogen (secondary N) is 1. The average molecular weight is 271 g/mol. The molecule has 0 saturated heterocycles. The standard InChI is InChI=1S/C17H25N3/c1-5-18-14(12-11-17(12,2)3)10-16-19-13-8-6-7-9-15(13)20(16)4/h6-9,12,14,18H,5,10-11H2,1-4H3. The number of benzene rings is 1. The van der Waals surface area contributed by atoms with Crippen LogP contribution in [0.1, 0.15) is 33.0 Å². The molecule has 1 aliphatic carbocycles. The van der Waals surface area contributed by atoms with Crippen molar-refractivity contribution < 1.29 is 0 Å². The minimum Gasteiger partial charge on any atom is -0.331 e. The summed E-state index contributed by atoms with van der Waals surface area (Å²) in [5.74, 6) is 1.97. The monoisotopic (exact) mass is 271 g/mol. The molecule has 3 heteroatoms. The highest BCUT2D eigenvalue weighted by molar-refractivity contribution is 5.75. The van der Waals surface area contributed by atoms with E-state index in [1.807, 2.05) is 0 Å². The van der Waals surface area contributed by atoms with E-state index in [0.29, 0.717) is 11.5 Å². The molecular formula is C17H25N3. The van der Waals surface area contributed by atoms with Gasteiger partial charge in [-0.15, -0.1) is 0 Å². The van der Waals surface area contributed by atoms with E-state index in [2.05, 4.69) is 62.0 Å². The number of aromatic nitrogens is 2. The summed E-state index contributed by atoms with van der Waals surface area (Å²) >= 11 is 0. The molecular weight excluding hydrogens is 246 g/mol. The Kier molecular flexibility index (Phi) is 3.33. The fourth-order valence-electron chi connectivity index (χ4n) is 3.39. The van der Waals surface area contributed by atoms with Crippen LogP contribution in [0, 0.1) is 11.3 Å². The van der Waals surface area contributed by atoms with E-state index in [1.165, 1.54) is 17.8 Å². The first kappa shape index (κ1) is 13.6. The number of hydrogen-bond acceptors (Lipinski definition) is 2. The Morgan fingerprint density at radius 2 is 2.10 bits per heavy atom. The molecule has 1 saturated carbocycles. The highest BCUT2D eigenvalue weighted by Crippen LogP contribution is 2.54. The molecule has 0 spiro atoms. The van der Waals surface area contributed by atoms with Gasteiger partial charge >= 0.3 is 0 Å². The number of likely N-dealkylation sites (N-methyl/N-ethyl adjacent to an activating group) is 1. The molecule has 1 aliphatic rings. The molecule has 0 aliphatic heterocycles. The summed E-state index contributed by atoms with van der Waals surface area (Å²) in [5.41, 5.74) is 2.83. The van der Waals surface area contributed by atoms with Crippen molar-refractivity contribution in [2.75, 3.05) is 6.54 Å². The van der Waals surface area contributed by atoms with Crippen LogP contribution in [0.15, 0.2) is 24.3 Å². The van der Waals surface area contributed by atoms with Crippen molar-refractivity contribution in [2.24, 2.45) is 18.4 Å². The van der Waals surface area contributed by atoms with Gasteiger partial charge in [0, 0.05) is 19.5 Å². The van der Waals surface area contributed by atoms with Crippen LogP contribution in [0.4, 0.5) is 0 Å². The van der Waals surface area contributed by atoms with Crippen LogP contribution in [0.5, 0.6) is 0 Å². The highest BCUT2D eigenvalue weighted by Gasteiger charge is 2.49. The number of imidazole rings is 1. The van der Waals surface area contributed by atoms with Gasteiger partial charge in [-0.2, -0.15) is 0 Å². The van der Waals surface area contributed by atoms with Gasteiger partial charge in [0.1, 0.15) is 5.82 Å². The molecule has 3 nitrogen and oxygen atoms in total. The third-order valence-corrected chi connectivity index (χ3v) is 4.82. The van der Waals surface area contributed by atoms with Crippen molar-refractivity contribution in [1.29, 1.82) is 0 Å². The topological polar surface area (TPSA) is 29.9 Å². The number of hydrogen-bond donors (Lipinski definition) is 1. The van der Waals surface area contributed by atoms with Crippen LogP contribution in [0.3, 0.4) is 0 Å². The van der Waals surface area contributed by atoms with Gasteiger partial charge in [0.05, 0.1) is 11.0 Å². The minimum atomic E-state index is 0.497. The van der Waals surface area contributed by atoms with Crippen molar-refractivity contribution in [1.82, 2.24) is 14.9 Å². The fraction of sp³-hybridized carbons (Fsp3) is 0.588. The number of fused-ring (bicyclic) bond motifs is 1. The summed E-state index contributed by atoms with van der Waals surface area (Å²) in [6, 6.07) is 8.94. The Morgan fingerprint density at radius 1 is 1.40 bits per heavy atom. The molecule has 108 valence electrons. The maximum Gasteiger partial charge on any atom is 0.111 e. The Balaban J connectivity index is 1.85. The van der Waals surface area contributed by atoms with E-state index in [-0.39, 0.29) is 0 Å². The van der Waals surface area contributed by atoms with Gasteiger partial charge < -0.3 is 9.88 Å². The summed E-state index contributed by atoms with van der Waals surface area (Å²) in [4.78, 5) is 4.82. The molecule has 0 radical (unpaired) electrons. The number of para-hydroxylation sites is 2. The first-order chi connectivity index (χ1) is 9.53. The van der Waals surface area contributed by atoms with E-state index < -0.39 is 0 Å². The SMILES string of the molecule is CCNC(Cc1nc2ccccc2n1C)C1CC1(C)C. The molecule has 20 heavy (non-hydrogen) atoms. The second kappa shape index (κ2) is 4.88. The average Bonchev–Trinajstić information content (AvgIpc) is 2.94. The summed E-state index contributed by atoms with van der Waals surface area (Å²) in [7, 11) is 2.13. The molecule has 2 unspecified atom stereocenters. The molecule has 3 rings (SSSR count). The largest absolute Gasteiger partial charge is 0.331 e. The first-order valence-corrected chi connectivity index (χ1v) is 7.66. The lowest BCUT2D eigenvalue weighted by Gasteiger charge is -2.19. The molecule has 1 N–H and O–H groups in total. The van der Waals surface area contributed by atoms with Gasteiger partial charge in [-0.1, -0.05) is 32.9 Å². The van der Waals surface area contributed by atoms with Crippen molar-refractivity contribution in [2.45, 2.75) is 39.7 Å². The van der Waals surface area contributed by atoms with E-state index in [9.17, 15) is 0 Å². The zero-order chi connectivity index (χ0) is 14.3. The van der Waals surface area contributed by atoms with Gasteiger partial charge in [-0.25, -0.2) is 4.98 Å². The predicted octanol–water partition coefficient (Wildman–Crippen LogP) is 3.14. The van der Waals surface area contributed by atoms with E-state index in [4.69, 9.17) is 4.98 Å². The fourth-order valence-corrected chi connectivity index (χ4v) is 3.39. The lowest BCUT2D eigenvalue weighted by molar-refractivity contribution is 0.402. The summed E-state index contributed by atoms with van der Waals surface area (Å²) in [6.07, 6.45) is 2.35. The molecule has 1 aromatic heterocycles. The van der Waals surface area contributed by atoms with Gasteiger partial charge in [-0.05, 0) is 36.4 Å². The second-order valence-corrected chi connectivity index (χ2v) is 6.74. The highest BCUT2D eigenvalue weighted by atomic mass is 15.1.